The molecule has 0 saturated carbocycles. The summed E-state index contributed by atoms with van der Waals surface area (Å²) >= 11 is 0. The van der Waals surface area contributed by atoms with Crippen molar-refractivity contribution in [2.75, 3.05) is 13.2 Å². The number of benzene rings is 2. The highest BCUT2D eigenvalue weighted by molar-refractivity contribution is 6.99. The van der Waals surface area contributed by atoms with E-state index in [0.717, 1.165) is 25.7 Å². The van der Waals surface area contributed by atoms with Gasteiger partial charge in [-0.05, 0) is 34.7 Å². The summed E-state index contributed by atoms with van der Waals surface area (Å²) in [7, 11) is -2.66. The van der Waals surface area contributed by atoms with Crippen LogP contribution in [0.2, 0.25) is 5.04 Å². The van der Waals surface area contributed by atoms with Crippen LogP contribution in [0.25, 0.3) is 0 Å². The minimum atomic E-state index is -2.66. The van der Waals surface area contributed by atoms with Crippen LogP contribution in [0.4, 0.5) is 0 Å². The predicted molar refractivity (Wildman–Crippen MR) is 147 cm³/mol. The molecule has 192 valence electrons. The van der Waals surface area contributed by atoms with Gasteiger partial charge in [-0.1, -0.05) is 107 Å². The molecule has 3 rings (SSSR count). The Hall–Kier alpha value is -1.76. The Bertz CT molecular complexity index is 841. The maximum absolute atomic E-state index is 10.7. The molecule has 4 nitrogen and oxygen atoms in total. The highest BCUT2D eigenvalue weighted by Crippen LogP contribution is 2.37. The third-order valence-electron chi connectivity index (χ3n) is 7.06. The van der Waals surface area contributed by atoms with E-state index in [9.17, 15) is 5.11 Å². The molecule has 0 bridgehead atoms. The van der Waals surface area contributed by atoms with Crippen molar-refractivity contribution in [1.82, 2.24) is 0 Å². The molecule has 0 aliphatic carbocycles. The summed E-state index contributed by atoms with van der Waals surface area (Å²) in [5.74, 6) is 0. The highest BCUT2D eigenvalue weighted by Gasteiger charge is 2.50. The maximum Gasteiger partial charge on any atom is 0.261 e. The average Bonchev–Trinajstić information content (AvgIpc) is 2.87. The van der Waals surface area contributed by atoms with Gasteiger partial charge in [0.2, 0.25) is 0 Å². The summed E-state index contributed by atoms with van der Waals surface area (Å²) in [5, 5.41) is 13.1. The van der Waals surface area contributed by atoms with Crippen LogP contribution in [-0.2, 0) is 13.9 Å². The van der Waals surface area contributed by atoms with Gasteiger partial charge in [0, 0.05) is 6.61 Å². The first-order valence-corrected chi connectivity index (χ1v) is 15.1. The molecule has 1 saturated heterocycles. The summed E-state index contributed by atoms with van der Waals surface area (Å²) in [6.45, 7) is 14.1. The van der Waals surface area contributed by atoms with E-state index in [1.54, 1.807) is 6.08 Å². The highest BCUT2D eigenvalue weighted by atomic mass is 28.4. The minimum absolute atomic E-state index is 0.0965. The number of aliphatic hydroxyl groups is 1. The monoisotopic (exact) mass is 496 g/mol. The molecule has 0 amide bonds. The fourth-order valence-corrected chi connectivity index (χ4v) is 9.74. The normalized spacial score (nSPS) is 20.8. The van der Waals surface area contributed by atoms with Crippen LogP contribution >= 0.6 is 0 Å². The number of ether oxygens (including phenoxy) is 2. The molecule has 1 N–H and O–H groups in total. The molecule has 0 spiro atoms. The first kappa shape index (κ1) is 27.8. The van der Waals surface area contributed by atoms with Crippen LogP contribution in [0.3, 0.4) is 0 Å². The van der Waals surface area contributed by atoms with E-state index in [0.29, 0.717) is 19.6 Å². The molecule has 0 radical (unpaired) electrons. The molecule has 0 unspecified atom stereocenters. The van der Waals surface area contributed by atoms with E-state index in [2.05, 4.69) is 94.9 Å². The van der Waals surface area contributed by atoms with Crippen molar-refractivity contribution in [3.63, 3.8) is 0 Å². The average molecular weight is 497 g/mol. The second-order valence-corrected chi connectivity index (χ2v) is 14.9. The second-order valence-electron chi connectivity index (χ2n) is 10.6. The van der Waals surface area contributed by atoms with E-state index in [1.165, 1.54) is 10.4 Å². The predicted octanol–water partition coefficient (Wildman–Crippen LogP) is 5.23. The van der Waals surface area contributed by atoms with Crippen LogP contribution in [0.1, 0.15) is 59.8 Å². The van der Waals surface area contributed by atoms with Gasteiger partial charge in [0.05, 0.1) is 18.8 Å². The first-order chi connectivity index (χ1) is 16.8. The molecule has 1 heterocycles. The zero-order valence-electron chi connectivity index (χ0n) is 22.0. The number of unbranched alkanes of at least 4 members (excludes halogenated alkanes) is 1. The third-order valence-corrected chi connectivity index (χ3v) is 12.1. The number of aliphatic hydroxyl groups excluding tert-OH is 1. The molecule has 35 heavy (non-hydrogen) atoms. The van der Waals surface area contributed by atoms with Crippen LogP contribution in [0.5, 0.6) is 0 Å². The Morgan fingerprint density at radius 2 is 1.69 bits per heavy atom. The van der Waals surface area contributed by atoms with Crippen LogP contribution in [0.15, 0.2) is 73.3 Å². The Kier molecular flexibility index (Phi) is 10.3. The topological polar surface area (TPSA) is 47.9 Å². The zero-order chi connectivity index (χ0) is 25.3. The largest absolute Gasteiger partial charge is 0.405 e. The molecular formula is C30H44O4Si. The molecule has 0 aromatic heterocycles. The second kappa shape index (κ2) is 13.0. The third kappa shape index (κ3) is 6.72. The van der Waals surface area contributed by atoms with E-state index in [1.807, 2.05) is 0 Å². The van der Waals surface area contributed by atoms with Crippen molar-refractivity contribution >= 4 is 18.7 Å². The standard InChI is InChI=1S/C30H44O4Si/c1-6-8-20-26(31)27(7-2)34-28-21-15-22-32-29(28)23-33-35(30(3,4)5,24-16-11-9-12-17-24)25-18-13-10-14-19-25/h7,9-14,16-19,26-29,31H,2,6,8,15,20-23H2,1,3-5H3/t26-,27-,28+,29-/m1/s1. The molecule has 2 aromatic carbocycles. The van der Waals surface area contributed by atoms with Gasteiger partial charge in [-0.3, -0.25) is 0 Å². The molecular weight excluding hydrogens is 452 g/mol. The summed E-state index contributed by atoms with van der Waals surface area (Å²) < 4.78 is 19.8. The van der Waals surface area contributed by atoms with Crippen molar-refractivity contribution < 1.29 is 19.0 Å². The van der Waals surface area contributed by atoms with Crippen LogP contribution in [0, 0.1) is 0 Å². The SMILES string of the molecule is C=C[C@@H](O[C@H]1CCCO[C@@H]1CO[Si](c1ccccc1)(c1ccccc1)C(C)(C)C)[C@H](O)CCCC. The van der Waals surface area contributed by atoms with E-state index < -0.39 is 20.5 Å². The van der Waals surface area contributed by atoms with Gasteiger partial charge in [-0.25, -0.2) is 0 Å². The first-order valence-electron chi connectivity index (χ1n) is 13.2. The Labute approximate surface area is 213 Å². The molecule has 1 aliphatic heterocycles. The van der Waals surface area contributed by atoms with Gasteiger partial charge < -0.3 is 19.0 Å². The zero-order valence-corrected chi connectivity index (χ0v) is 23.0. The number of hydrogen-bond acceptors (Lipinski definition) is 4. The van der Waals surface area contributed by atoms with Gasteiger partial charge in [-0.2, -0.15) is 0 Å². The maximum atomic E-state index is 10.7. The summed E-state index contributed by atoms with van der Waals surface area (Å²) in [4.78, 5) is 0. The van der Waals surface area contributed by atoms with Gasteiger partial charge in [0.25, 0.3) is 8.32 Å². The summed E-state index contributed by atoms with van der Waals surface area (Å²) in [5.41, 5.74) is 0. The Morgan fingerprint density at radius 3 is 2.20 bits per heavy atom. The Morgan fingerprint density at radius 1 is 1.09 bits per heavy atom. The van der Waals surface area contributed by atoms with Crippen LogP contribution < -0.4 is 10.4 Å². The lowest BCUT2D eigenvalue weighted by molar-refractivity contribution is -0.150. The van der Waals surface area contributed by atoms with Crippen molar-refractivity contribution in [2.24, 2.45) is 0 Å². The summed E-state index contributed by atoms with van der Waals surface area (Å²) in [6.07, 6.45) is 5.01. The van der Waals surface area contributed by atoms with Crippen molar-refractivity contribution in [3.05, 3.63) is 73.3 Å². The minimum Gasteiger partial charge on any atom is -0.405 e. The van der Waals surface area contributed by atoms with Gasteiger partial charge in [-0.15, -0.1) is 6.58 Å². The Balaban J connectivity index is 1.87. The van der Waals surface area contributed by atoms with Gasteiger partial charge in [0.1, 0.15) is 12.2 Å². The van der Waals surface area contributed by atoms with E-state index in [4.69, 9.17) is 13.9 Å². The van der Waals surface area contributed by atoms with Crippen molar-refractivity contribution in [1.29, 1.82) is 0 Å². The number of rotatable bonds is 12. The fourth-order valence-electron chi connectivity index (χ4n) is 5.17. The molecule has 5 heteroatoms. The van der Waals surface area contributed by atoms with Gasteiger partial charge in [0.15, 0.2) is 0 Å². The summed E-state index contributed by atoms with van der Waals surface area (Å²) in [6, 6.07) is 21.4. The molecule has 4 atom stereocenters. The van der Waals surface area contributed by atoms with Crippen molar-refractivity contribution in [2.45, 2.75) is 89.3 Å². The fraction of sp³-hybridized carbons (Fsp3) is 0.533. The lowest BCUT2D eigenvalue weighted by atomic mass is 10.0. The van der Waals surface area contributed by atoms with E-state index in [-0.39, 0.29) is 17.2 Å². The molecule has 1 fully saturated rings. The van der Waals surface area contributed by atoms with Crippen molar-refractivity contribution in [3.8, 4) is 0 Å². The lowest BCUT2D eigenvalue weighted by Crippen LogP contribution is -2.67. The van der Waals surface area contributed by atoms with E-state index >= 15 is 0 Å². The lowest BCUT2D eigenvalue weighted by Gasteiger charge is -2.44. The molecule has 1 aliphatic rings. The smallest absolute Gasteiger partial charge is 0.261 e. The van der Waals surface area contributed by atoms with Crippen LogP contribution in [-0.4, -0.2) is 51.1 Å². The number of hydrogen-bond donors (Lipinski definition) is 1. The van der Waals surface area contributed by atoms with Gasteiger partial charge >= 0.3 is 0 Å². The molecule has 2 aromatic rings. The quantitative estimate of drug-likeness (QED) is 0.323.